The van der Waals surface area contributed by atoms with Gasteiger partial charge in [-0.25, -0.2) is 0 Å². The maximum atomic E-state index is 13.0. The van der Waals surface area contributed by atoms with Gasteiger partial charge in [-0.05, 0) is 50.8 Å². The summed E-state index contributed by atoms with van der Waals surface area (Å²) in [5, 5.41) is 23.3. The number of nitrogens with zero attached hydrogens (tertiary/aromatic N) is 1. The van der Waals surface area contributed by atoms with Gasteiger partial charge in [-0.3, -0.25) is 14.5 Å². The van der Waals surface area contributed by atoms with E-state index in [-0.39, 0.29) is 42.2 Å². The van der Waals surface area contributed by atoms with Crippen LogP contribution in [0.2, 0.25) is 0 Å². The number of nitrogens with one attached hydrogen (secondary N) is 1. The van der Waals surface area contributed by atoms with Gasteiger partial charge in [0.25, 0.3) is 0 Å². The molecule has 0 aliphatic heterocycles. The predicted octanol–water partition coefficient (Wildman–Crippen LogP) is 2.90. The second kappa shape index (κ2) is 10.3. The molecule has 2 aromatic heterocycles. The molecule has 176 valence electrons. The quantitative estimate of drug-likeness (QED) is 0.449. The Morgan fingerprint density at radius 2 is 1.97 bits per heavy atom. The van der Waals surface area contributed by atoms with Gasteiger partial charge in [-0.2, -0.15) is 0 Å². The Kier molecular flexibility index (Phi) is 7.44. The van der Waals surface area contributed by atoms with Crippen molar-refractivity contribution >= 4 is 5.91 Å². The lowest BCUT2D eigenvalue weighted by Gasteiger charge is -2.23. The molecule has 0 fully saturated rings. The van der Waals surface area contributed by atoms with E-state index < -0.39 is 17.1 Å². The standard InChI is InChI=1S/C24H28N2O7/c1-14-10-19(28)23(30)24(33-14)16(15-7-8-18(27)21(11-15)31-4)12-22(29)25-13-17(26(2)3)20-6-5-9-32-20/h5-11,16-17,27,30H,12-13H2,1-4H3,(H,25,29)/t16-,17+/m1/s1. The van der Waals surface area contributed by atoms with Gasteiger partial charge >= 0.3 is 0 Å². The molecule has 3 rings (SSSR count). The first-order chi connectivity index (χ1) is 15.7. The first-order valence-corrected chi connectivity index (χ1v) is 10.4. The summed E-state index contributed by atoms with van der Waals surface area (Å²) in [6, 6.07) is 9.17. The normalized spacial score (nSPS) is 13.0. The molecule has 0 saturated carbocycles. The third kappa shape index (κ3) is 5.56. The van der Waals surface area contributed by atoms with Gasteiger partial charge in [0.1, 0.15) is 11.5 Å². The zero-order valence-electron chi connectivity index (χ0n) is 19.0. The number of furan rings is 1. The van der Waals surface area contributed by atoms with Crippen LogP contribution in [0.4, 0.5) is 0 Å². The molecule has 1 amide bonds. The topological polar surface area (TPSA) is 125 Å². The van der Waals surface area contributed by atoms with Crippen LogP contribution in [0.5, 0.6) is 17.2 Å². The van der Waals surface area contributed by atoms with Crippen molar-refractivity contribution in [3.8, 4) is 17.2 Å². The first kappa shape index (κ1) is 23.9. The third-order valence-corrected chi connectivity index (χ3v) is 5.37. The smallest absolute Gasteiger partial charge is 0.227 e. The van der Waals surface area contributed by atoms with Crippen LogP contribution in [-0.2, 0) is 4.79 Å². The van der Waals surface area contributed by atoms with E-state index in [1.165, 1.54) is 19.2 Å². The maximum Gasteiger partial charge on any atom is 0.227 e. The van der Waals surface area contributed by atoms with Crippen LogP contribution in [-0.4, -0.2) is 48.8 Å². The summed E-state index contributed by atoms with van der Waals surface area (Å²) >= 11 is 0. The van der Waals surface area contributed by atoms with Gasteiger partial charge in [-0.1, -0.05) is 6.07 Å². The van der Waals surface area contributed by atoms with Crippen LogP contribution in [0.3, 0.4) is 0 Å². The van der Waals surface area contributed by atoms with Crippen LogP contribution >= 0.6 is 0 Å². The number of hydrogen-bond acceptors (Lipinski definition) is 8. The average molecular weight is 456 g/mol. The summed E-state index contributed by atoms with van der Waals surface area (Å²) in [7, 11) is 5.16. The Morgan fingerprint density at radius 3 is 2.61 bits per heavy atom. The molecule has 1 aromatic carbocycles. The number of amides is 1. The highest BCUT2D eigenvalue weighted by atomic mass is 16.5. The molecular weight excluding hydrogens is 428 g/mol. The number of carbonyl (C=O) groups is 1. The van der Waals surface area contributed by atoms with E-state index >= 15 is 0 Å². The number of likely N-dealkylation sites (N-methyl/N-ethyl adjacent to an activating group) is 1. The van der Waals surface area contributed by atoms with E-state index in [1.807, 2.05) is 25.1 Å². The monoisotopic (exact) mass is 456 g/mol. The zero-order valence-corrected chi connectivity index (χ0v) is 19.0. The Hall–Kier alpha value is -3.72. The minimum absolute atomic E-state index is 0.0295. The number of hydrogen-bond donors (Lipinski definition) is 3. The molecule has 2 heterocycles. The van der Waals surface area contributed by atoms with E-state index in [0.29, 0.717) is 17.1 Å². The largest absolute Gasteiger partial charge is 0.504 e. The van der Waals surface area contributed by atoms with Crippen molar-refractivity contribution in [2.45, 2.75) is 25.3 Å². The number of ether oxygens (including phenoxy) is 1. The number of rotatable bonds is 9. The van der Waals surface area contributed by atoms with Gasteiger partial charge in [0, 0.05) is 19.0 Å². The number of aryl methyl sites for hydroxylation is 1. The molecule has 2 atom stereocenters. The fourth-order valence-corrected chi connectivity index (χ4v) is 3.62. The summed E-state index contributed by atoms with van der Waals surface area (Å²) in [5.41, 5.74) is -0.0746. The highest BCUT2D eigenvalue weighted by Gasteiger charge is 2.27. The molecule has 0 radical (unpaired) electrons. The maximum absolute atomic E-state index is 13.0. The minimum Gasteiger partial charge on any atom is -0.504 e. The fraction of sp³-hybridized carbons (Fsp3) is 0.333. The van der Waals surface area contributed by atoms with Gasteiger partial charge in [0.2, 0.25) is 17.1 Å². The number of phenolic OH excluding ortho intramolecular Hbond substituents is 1. The lowest BCUT2D eigenvalue weighted by Crippen LogP contribution is -2.35. The summed E-state index contributed by atoms with van der Waals surface area (Å²) in [6.07, 6.45) is 1.45. The van der Waals surface area contributed by atoms with Crippen LogP contribution in [0.1, 0.15) is 41.2 Å². The molecule has 0 aliphatic rings. The average Bonchev–Trinajstić information content (AvgIpc) is 3.29. The number of carbonyl (C=O) groups excluding carboxylic acids is 1. The van der Waals surface area contributed by atoms with Crippen molar-refractivity contribution in [3.63, 3.8) is 0 Å². The molecule has 33 heavy (non-hydrogen) atoms. The summed E-state index contributed by atoms with van der Waals surface area (Å²) in [6.45, 7) is 1.87. The molecule has 0 bridgehead atoms. The van der Waals surface area contributed by atoms with E-state index in [4.69, 9.17) is 13.6 Å². The van der Waals surface area contributed by atoms with E-state index in [1.54, 1.807) is 31.4 Å². The Balaban J connectivity index is 1.90. The Morgan fingerprint density at radius 1 is 1.21 bits per heavy atom. The van der Waals surface area contributed by atoms with Crippen LogP contribution in [0.15, 0.2) is 56.3 Å². The van der Waals surface area contributed by atoms with Crippen molar-refractivity contribution in [1.82, 2.24) is 10.2 Å². The fourth-order valence-electron chi connectivity index (χ4n) is 3.62. The molecule has 9 nitrogen and oxygen atoms in total. The van der Waals surface area contributed by atoms with E-state index in [2.05, 4.69) is 5.32 Å². The predicted molar refractivity (Wildman–Crippen MR) is 121 cm³/mol. The van der Waals surface area contributed by atoms with Crippen molar-refractivity contribution in [3.05, 3.63) is 75.7 Å². The number of aromatic hydroxyl groups is 2. The number of benzene rings is 1. The van der Waals surface area contributed by atoms with Crippen molar-refractivity contribution in [1.29, 1.82) is 0 Å². The molecule has 0 unspecified atom stereocenters. The third-order valence-electron chi connectivity index (χ3n) is 5.37. The zero-order chi connectivity index (χ0) is 24.1. The molecule has 0 saturated heterocycles. The van der Waals surface area contributed by atoms with E-state index in [0.717, 1.165) is 0 Å². The van der Waals surface area contributed by atoms with Gasteiger partial charge in [0.05, 0.1) is 25.3 Å². The summed E-state index contributed by atoms with van der Waals surface area (Å²) in [4.78, 5) is 27.1. The lowest BCUT2D eigenvalue weighted by molar-refractivity contribution is -0.121. The molecule has 9 heteroatoms. The molecule has 3 aromatic rings. The van der Waals surface area contributed by atoms with Crippen molar-refractivity contribution in [2.24, 2.45) is 0 Å². The highest BCUT2D eigenvalue weighted by Crippen LogP contribution is 2.37. The second-order valence-electron chi connectivity index (χ2n) is 7.92. The second-order valence-corrected chi connectivity index (χ2v) is 7.92. The van der Waals surface area contributed by atoms with Crippen molar-refractivity contribution < 1.29 is 28.6 Å². The SMILES string of the molecule is COc1cc([C@@H](CC(=O)NC[C@@H](c2ccco2)N(C)C)c2oc(C)cc(=O)c2O)ccc1O. The number of phenols is 1. The number of methoxy groups -OCH3 is 1. The van der Waals surface area contributed by atoms with E-state index in [9.17, 15) is 19.8 Å². The summed E-state index contributed by atoms with van der Waals surface area (Å²) < 4.78 is 16.3. The minimum atomic E-state index is -0.798. The molecule has 3 N–H and O–H groups in total. The first-order valence-electron chi connectivity index (χ1n) is 10.4. The molecule has 0 aliphatic carbocycles. The Labute approximate surface area is 191 Å². The van der Waals surface area contributed by atoms with Gasteiger partial charge < -0.3 is 29.1 Å². The highest BCUT2D eigenvalue weighted by molar-refractivity contribution is 5.77. The Bertz CT molecular complexity index is 1150. The molecule has 0 spiro atoms. The van der Waals surface area contributed by atoms with Crippen molar-refractivity contribution in [2.75, 3.05) is 27.7 Å². The van der Waals surface area contributed by atoms with Gasteiger partial charge in [0.15, 0.2) is 17.3 Å². The van der Waals surface area contributed by atoms with Crippen LogP contribution in [0, 0.1) is 6.92 Å². The van der Waals surface area contributed by atoms with Crippen LogP contribution in [0.25, 0.3) is 0 Å². The van der Waals surface area contributed by atoms with Gasteiger partial charge in [-0.15, -0.1) is 0 Å². The molecular formula is C24H28N2O7. The summed E-state index contributed by atoms with van der Waals surface area (Å²) in [5.74, 6) is -0.589. The lowest BCUT2D eigenvalue weighted by atomic mass is 9.91. The van der Waals surface area contributed by atoms with Crippen LogP contribution < -0.4 is 15.5 Å².